The van der Waals surface area contributed by atoms with Crippen molar-refractivity contribution in [3.8, 4) is 0 Å². The highest BCUT2D eigenvalue weighted by atomic mass is 16.6. The van der Waals surface area contributed by atoms with Gasteiger partial charge in [-0.25, -0.2) is 4.79 Å². The van der Waals surface area contributed by atoms with Gasteiger partial charge >= 0.3 is 6.09 Å². The van der Waals surface area contributed by atoms with Crippen LogP contribution in [-0.2, 0) is 16.1 Å². The Balaban J connectivity index is 1.95. The minimum Gasteiger partial charge on any atom is -0.445 e. The number of alkyl carbamates (subject to hydrolysis) is 1. The summed E-state index contributed by atoms with van der Waals surface area (Å²) in [5.74, 6) is -0.263. The van der Waals surface area contributed by atoms with Crippen LogP contribution < -0.4 is 10.6 Å². The van der Waals surface area contributed by atoms with Gasteiger partial charge in [-0.2, -0.15) is 0 Å². The van der Waals surface area contributed by atoms with E-state index in [1.807, 2.05) is 44.2 Å². The number of rotatable bonds is 8. The first kappa shape index (κ1) is 20.9. The lowest BCUT2D eigenvalue weighted by Gasteiger charge is -2.20. The zero-order chi connectivity index (χ0) is 20.5. The second kappa shape index (κ2) is 10.1. The third-order valence-corrected chi connectivity index (χ3v) is 3.87. The Kier molecular flexibility index (Phi) is 7.50. The molecule has 8 nitrogen and oxygen atoms in total. The predicted octanol–water partition coefficient (Wildman–Crippen LogP) is 3.87. The largest absolute Gasteiger partial charge is 0.445 e. The van der Waals surface area contributed by atoms with Crippen molar-refractivity contribution in [2.45, 2.75) is 32.9 Å². The fraction of sp³-hybridized carbons (Fsp3) is 0.300. The Morgan fingerprint density at radius 2 is 1.71 bits per heavy atom. The molecule has 0 aliphatic carbocycles. The Morgan fingerprint density at radius 3 is 2.29 bits per heavy atom. The predicted molar refractivity (Wildman–Crippen MR) is 105 cm³/mol. The molecule has 2 rings (SSSR count). The van der Waals surface area contributed by atoms with Gasteiger partial charge in [-0.1, -0.05) is 44.2 Å². The van der Waals surface area contributed by atoms with E-state index in [2.05, 4.69) is 10.6 Å². The van der Waals surface area contributed by atoms with Gasteiger partial charge in [0.15, 0.2) is 0 Å². The molecular weight excluding hydrogens is 362 g/mol. The molecule has 2 N–H and O–H groups in total. The van der Waals surface area contributed by atoms with Gasteiger partial charge in [0.05, 0.1) is 4.92 Å². The van der Waals surface area contributed by atoms with E-state index >= 15 is 0 Å². The third-order valence-electron chi connectivity index (χ3n) is 3.87. The SMILES string of the molecule is CC(C)CC(NC(=O)OCc1ccccc1)C(=O)Nc1ccc([N+](=O)[O-])cc1. The first-order chi connectivity index (χ1) is 13.3. The molecule has 0 saturated carbocycles. The molecule has 2 aromatic carbocycles. The lowest BCUT2D eigenvalue weighted by molar-refractivity contribution is -0.384. The van der Waals surface area contributed by atoms with Gasteiger partial charge in [0.25, 0.3) is 5.69 Å². The summed E-state index contributed by atoms with van der Waals surface area (Å²) in [4.78, 5) is 34.8. The molecule has 0 heterocycles. The summed E-state index contributed by atoms with van der Waals surface area (Å²) >= 11 is 0. The minimum absolute atomic E-state index is 0.0701. The number of hydrogen-bond acceptors (Lipinski definition) is 5. The Hall–Kier alpha value is -3.42. The highest BCUT2D eigenvalue weighted by Gasteiger charge is 2.23. The number of nitrogens with one attached hydrogen (secondary N) is 2. The summed E-state index contributed by atoms with van der Waals surface area (Å²) in [6.45, 7) is 3.97. The number of nitrogens with zero attached hydrogens (tertiary/aromatic N) is 1. The normalized spacial score (nSPS) is 11.5. The van der Waals surface area contributed by atoms with Gasteiger partial charge < -0.3 is 15.4 Å². The van der Waals surface area contributed by atoms with Crippen molar-refractivity contribution in [1.82, 2.24) is 5.32 Å². The number of nitro groups is 1. The molecular formula is C20H23N3O5. The lowest BCUT2D eigenvalue weighted by Crippen LogP contribution is -2.44. The zero-order valence-corrected chi connectivity index (χ0v) is 15.8. The number of anilines is 1. The quantitative estimate of drug-likeness (QED) is 0.529. The van der Waals surface area contributed by atoms with Gasteiger partial charge in [0.2, 0.25) is 5.91 Å². The smallest absolute Gasteiger partial charge is 0.408 e. The van der Waals surface area contributed by atoms with Crippen LogP contribution in [0.1, 0.15) is 25.8 Å². The van der Waals surface area contributed by atoms with E-state index in [9.17, 15) is 19.7 Å². The molecule has 1 unspecified atom stereocenters. The van der Waals surface area contributed by atoms with Crippen molar-refractivity contribution < 1.29 is 19.2 Å². The monoisotopic (exact) mass is 385 g/mol. The van der Waals surface area contributed by atoms with Crippen LogP contribution in [0.2, 0.25) is 0 Å². The fourth-order valence-electron chi connectivity index (χ4n) is 2.51. The van der Waals surface area contributed by atoms with Crippen LogP contribution in [0.3, 0.4) is 0 Å². The number of non-ortho nitro benzene ring substituents is 1. The third kappa shape index (κ3) is 6.71. The highest BCUT2D eigenvalue weighted by molar-refractivity contribution is 5.96. The van der Waals surface area contributed by atoms with Gasteiger partial charge in [-0.15, -0.1) is 0 Å². The molecule has 0 fully saturated rings. The summed E-state index contributed by atoms with van der Waals surface area (Å²) in [7, 11) is 0. The highest BCUT2D eigenvalue weighted by Crippen LogP contribution is 2.16. The van der Waals surface area contributed by atoms with Crippen LogP contribution in [0, 0.1) is 16.0 Å². The van der Waals surface area contributed by atoms with Crippen molar-refractivity contribution in [3.05, 3.63) is 70.3 Å². The van der Waals surface area contributed by atoms with Gasteiger partial charge in [-0.05, 0) is 30.0 Å². The number of amides is 2. The molecule has 0 aliphatic heterocycles. The molecule has 0 spiro atoms. The van der Waals surface area contributed by atoms with E-state index in [1.54, 1.807) is 0 Å². The number of ether oxygens (including phenoxy) is 1. The van der Waals surface area contributed by atoms with Gasteiger partial charge in [0, 0.05) is 17.8 Å². The van der Waals surface area contributed by atoms with E-state index in [-0.39, 0.29) is 18.2 Å². The Morgan fingerprint density at radius 1 is 1.07 bits per heavy atom. The number of carbonyl (C=O) groups is 2. The molecule has 2 aromatic rings. The Bertz CT molecular complexity index is 806. The van der Waals surface area contributed by atoms with Crippen molar-refractivity contribution in [2.24, 2.45) is 5.92 Å². The maximum atomic E-state index is 12.6. The molecule has 148 valence electrons. The van der Waals surface area contributed by atoms with Crippen LogP contribution in [0.4, 0.5) is 16.2 Å². The average Bonchev–Trinajstić information content (AvgIpc) is 2.66. The first-order valence-corrected chi connectivity index (χ1v) is 8.87. The minimum atomic E-state index is -0.793. The molecule has 0 saturated heterocycles. The average molecular weight is 385 g/mol. The summed E-state index contributed by atoms with van der Waals surface area (Å²) in [6.07, 6.45) is -0.271. The molecule has 0 bridgehead atoms. The van der Waals surface area contributed by atoms with Crippen LogP contribution >= 0.6 is 0 Å². The molecule has 2 amide bonds. The second-order valence-corrected chi connectivity index (χ2v) is 6.68. The topological polar surface area (TPSA) is 111 Å². The fourth-order valence-corrected chi connectivity index (χ4v) is 2.51. The lowest BCUT2D eigenvalue weighted by atomic mass is 10.0. The van der Waals surface area contributed by atoms with Crippen molar-refractivity contribution >= 4 is 23.4 Å². The molecule has 0 radical (unpaired) electrons. The van der Waals surface area contributed by atoms with E-state index < -0.39 is 23.0 Å². The summed E-state index contributed by atoms with van der Waals surface area (Å²) in [5, 5.41) is 16.0. The van der Waals surface area contributed by atoms with Crippen LogP contribution in [0.25, 0.3) is 0 Å². The van der Waals surface area contributed by atoms with Crippen molar-refractivity contribution in [2.75, 3.05) is 5.32 Å². The number of carbonyl (C=O) groups excluding carboxylic acids is 2. The van der Waals surface area contributed by atoms with Gasteiger partial charge in [0.1, 0.15) is 12.6 Å². The molecule has 0 aromatic heterocycles. The number of benzene rings is 2. The van der Waals surface area contributed by atoms with Crippen LogP contribution in [0.5, 0.6) is 0 Å². The Labute approximate surface area is 163 Å². The van der Waals surface area contributed by atoms with Crippen molar-refractivity contribution in [1.29, 1.82) is 0 Å². The molecule has 0 aliphatic rings. The number of hydrogen-bond donors (Lipinski definition) is 2. The van der Waals surface area contributed by atoms with Crippen LogP contribution in [0.15, 0.2) is 54.6 Å². The van der Waals surface area contributed by atoms with Gasteiger partial charge in [-0.3, -0.25) is 14.9 Å². The van der Waals surface area contributed by atoms with Crippen molar-refractivity contribution in [3.63, 3.8) is 0 Å². The summed E-state index contributed by atoms with van der Waals surface area (Å²) in [6, 6.07) is 13.9. The maximum Gasteiger partial charge on any atom is 0.408 e. The first-order valence-electron chi connectivity index (χ1n) is 8.87. The zero-order valence-electron chi connectivity index (χ0n) is 15.8. The van der Waals surface area contributed by atoms with E-state index in [1.165, 1.54) is 24.3 Å². The molecule has 28 heavy (non-hydrogen) atoms. The van der Waals surface area contributed by atoms with E-state index in [0.717, 1.165) is 5.56 Å². The van der Waals surface area contributed by atoms with E-state index in [0.29, 0.717) is 12.1 Å². The molecule has 1 atom stereocenters. The van der Waals surface area contributed by atoms with E-state index in [4.69, 9.17) is 4.74 Å². The summed E-state index contributed by atoms with van der Waals surface area (Å²) < 4.78 is 5.18. The molecule has 8 heteroatoms. The second-order valence-electron chi connectivity index (χ2n) is 6.68. The summed E-state index contributed by atoms with van der Waals surface area (Å²) in [5.41, 5.74) is 1.18. The number of nitro benzene ring substituents is 1. The van der Waals surface area contributed by atoms with Crippen LogP contribution in [-0.4, -0.2) is 23.0 Å². The maximum absolute atomic E-state index is 12.6. The standard InChI is InChI=1S/C20H23N3O5/c1-14(2)12-18(22-20(25)28-13-15-6-4-3-5-7-15)19(24)21-16-8-10-17(11-9-16)23(26)27/h3-11,14,18H,12-13H2,1-2H3,(H,21,24)(H,22,25).